The first-order valence-electron chi connectivity index (χ1n) is 17.7. The van der Waals surface area contributed by atoms with Gasteiger partial charge in [-0.15, -0.1) is 0 Å². The van der Waals surface area contributed by atoms with E-state index in [1.165, 1.54) is 42.6 Å². The minimum absolute atomic E-state index is 0.0208. The molecule has 0 radical (unpaired) electrons. The number of pyridine rings is 1. The van der Waals surface area contributed by atoms with Crippen LogP contribution in [0.1, 0.15) is 32.7 Å². The maximum absolute atomic E-state index is 13.6. The Morgan fingerprint density at radius 1 is 0.842 bits per heavy atom. The van der Waals surface area contributed by atoms with E-state index in [0.29, 0.717) is 99.3 Å². The smallest absolute Gasteiger partial charge is 0.340 e. The summed E-state index contributed by atoms with van der Waals surface area (Å²) in [5.41, 5.74) is 9.41. The highest BCUT2D eigenvalue weighted by atomic mass is 32.1. The van der Waals surface area contributed by atoms with Crippen molar-refractivity contribution in [3.05, 3.63) is 143 Å². The number of benzene rings is 5. The largest absolute Gasteiger partial charge is 0.508 e. The van der Waals surface area contributed by atoms with Crippen LogP contribution in [0.2, 0.25) is 0 Å². The molecule has 0 fully saturated rings. The lowest BCUT2D eigenvalue weighted by molar-refractivity contribution is 0.0224. The standard InChI is InChI=1S/C42H34FN5O8S/c43-33-19-24(3-12-37(33)51)46-22-34(44)36-10-1-23-17-28(6-11-35(23)48-36)54-16-15-53-14-13-45-41(57)47-25-2-7-30-29(18-25)40(52)56-42(30)31-8-4-26(49)20-38(31)55-39-21-27(50)5-9-32(39)42/h1-12,17-22,46,49-51H,13-16,44H2,(H2,45,47,57)/b34-22-. The molecule has 1 aromatic heterocycles. The molecule has 2 aliphatic heterocycles. The number of carbonyl (C=O) groups is 1. The third-order valence-electron chi connectivity index (χ3n) is 9.36. The second kappa shape index (κ2) is 15.2. The van der Waals surface area contributed by atoms with Crippen molar-refractivity contribution >= 4 is 51.3 Å². The van der Waals surface area contributed by atoms with E-state index < -0.39 is 23.1 Å². The number of halogens is 1. The number of phenols is 3. The molecule has 0 bridgehead atoms. The molecule has 0 atom stereocenters. The SMILES string of the molecule is N/C(=C\Nc1ccc(O)c(F)c1)c1ccc2cc(OCCOCCNC(=S)Nc3ccc4c(c3)C(=O)OC43c4ccc(O)cc4Oc4cc(O)ccc43)ccc2n1. The average molecular weight is 788 g/mol. The number of phenolic OH excluding ortho intramolecular Hbond substituents is 3. The fraction of sp³-hybridized carbons (Fsp3) is 0.119. The van der Waals surface area contributed by atoms with Crippen molar-refractivity contribution in [3.63, 3.8) is 0 Å². The topological polar surface area (TPSA) is 190 Å². The number of aromatic hydroxyl groups is 3. The molecule has 5 aromatic carbocycles. The van der Waals surface area contributed by atoms with Gasteiger partial charge in [-0.25, -0.2) is 14.2 Å². The number of ether oxygens (including phenoxy) is 4. The van der Waals surface area contributed by atoms with Gasteiger partial charge in [0.25, 0.3) is 0 Å². The summed E-state index contributed by atoms with van der Waals surface area (Å²) in [7, 11) is 0. The Kier molecular flexibility index (Phi) is 9.83. The van der Waals surface area contributed by atoms with Crippen LogP contribution in [0.15, 0.2) is 109 Å². The Morgan fingerprint density at radius 2 is 1.58 bits per heavy atom. The van der Waals surface area contributed by atoms with E-state index >= 15 is 0 Å². The third kappa shape index (κ3) is 7.36. The Balaban J connectivity index is 0.810. The molecule has 0 saturated carbocycles. The Labute approximate surface area is 330 Å². The van der Waals surface area contributed by atoms with Gasteiger partial charge in [-0.1, -0.05) is 12.1 Å². The number of thiocarbonyl (C=S) groups is 1. The molecule has 0 aliphatic carbocycles. The summed E-state index contributed by atoms with van der Waals surface area (Å²) in [6.07, 6.45) is 1.51. The average Bonchev–Trinajstić information content (AvgIpc) is 3.48. The fourth-order valence-corrected chi connectivity index (χ4v) is 6.92. The molecule has 0 saturated heterocycles. The number of aromatic nitrogens is 1. The van der Waals surface area contributed by atoms with Crippen LogP contribution < -0.4 is 31.2 Å². The predicted molar refractivity (Wildman–Crippen MR) is 214 cm³/mol. The lowest BCUT2D eigenvalue weighted by Crippen LogP contribution is -2.33. The second-order valence-electron chi connectivity index (χ2n) is 13.1. The summed E-state index contributed by atoms with van der Waals surface area (Å²) < 4.78 is 37.3. The molecule has 6 aromatic rings. The third-order valence-corrected chi connectivity index (χ3v) is 9.60. The van der Waals surface area contributed by atoms with Crippen molar-refractivity contribution in [2.24, 2.45) is 5.73 Å². The first kappa shape index (κ1) is 36.9. The highest BCUT2D eigenvalue weighted by Crippen LogP contribution is 2.57. The number of rotatable bonds is 11. The quantitative estimate of drug-likeness (QED) is 0.0314. The molecular formula is C42H34FN5O8S. The molecule has 288 valence electrons. The number of nitrogens with zero attached hydrogens (tertiary/aromatic N) is 1. The normalized spacial score (nSPS) is 13.6. The van der Waals surface area contributed by atoms with E-state index in [9.17, 15) is 24.5 Å². The first-order valence-corrected chi connectivity index (χ1v) is 18.1. The highest BCUT2D eigenvalue weighted by Gasteiger charge is 2.53. The van der Waals surface area contributed by atoms with Crippen molar-refractivity contribution < 1.29 is 43.5 Å². The van der Waals surface area contributed by atoms with Crippen LogP contribution >= 0.6 is 12.2 Å². The maximum Gasteiger partial charge on any atom is 0.340 e. The number of esters is 1. The van der Waals surface area contributed by atoms with E-state index in [4.69, 9.17) is 36.9 Å². The fourth-order valence-electron chi connectivity index (χ4n) is 6.70. The molecule has 0 unspecified atom stereocenters. The molecule has 0 amide bonds. The van der Waals surface area contributed by atoms with Gasteiger partial charge in [0.2, 0.25) is 0 Å². The number of anilines is 2. The number of nitrogens with two attached hydrogens (primary N) is 1. The molecule has 2 aliphatic rings. The summed E-state index contributed by atoms with van der Waals surface area (Å²) in [6.45, 7) is 1.42. The zero-order valence-corrected chi connectivity index (χ0v) is 30.7. The molecular weight excluding hydrogens is 754 g/mol. The zero-order valence-electron chi connectivity index (χ0n) is 29.9. The zero-order chi connectivity index (χ0) is 39.7. The number of fused-ring (bicyclic) bond motifs is 7. The minimum atomic E-state index is -1.35. The molecule has 8 rings (SSSR count). The van der Waals surface area contributed by atoms with E-state index in [1.807, 2.05) is 18.2 Å². The van der Waals surface area contributed by atoms with Crippen molar-refractivity contribution in [1.82, 2.24) is 10.3 Å². The number of nitrogens with one attached hydrogen (secondary N) is 3. The summed E-state index contributed by atoms with van der Waals surface area (Å²) >= 11 is 5.49. The van der Waals surface area contributed by atoms with Gasteiger partial charge in [0.15, 0.2) is 22.3 Å². The number of carbonyl (C=O) groups excluding carboxylic acids is 1. The van der Waals surface area contributed by atoms with E-state index in [-0.39, 0.29) is 11.5 Å². The lowest BCUT2D eigenvalue weighted by atomic mass is 9.77. The molecule has 15 heteroatoms. The van der Waals surface area contributed by atoms with Crippen LogP contribution in [0.25, 0.3) is 16.6 Å². The summed E-state index contributed by atoms with van der Waals surface area (Å²) in [5, 5.41) is 39.9. The van der Waals surface area contributed by atoms with Gasteiger partial charge < -0.3 is 56.0 Å². The van der Waals surface area contributed by atoms with Crippen LogP contribution in [0.5, 0.6) is 34.5 Å². The van der Waals surface area contributed by atoms with Gasteiger partial charge in [-0.3, -0.25) is 0 Å². The predicted octanol–water partition coefficient (Wildman–Crippen LogP) is 6.81. The van der Waals surface area contributed by atoms with Gasteiger partial charge in [0.05, 0.1) is 35.7 Å². The molecule has 13 nitrogen and oxygen atoms in total. The Morgan fingerprint density at radius 3 is 2.33 bits per heavy atom. The lowest BCUT2D eigenvalue weighted by Gasteiger charge is -2.36. The summed E-state index contributed by atoms with van der Waals surface area (Å²) in [4.78, 5) is 18.0. The van der Waals surface area contributed by atoms with Crippen LogP contribution in [-0.4, -0.2) is 57.8 Å². The number of hydrogen-bond acceptors (Lipinski definition) is 12. The van der Waals surface area contributed by atoms with Crippen molar-refractivity contribution in [1.29, 1.82) is 0 Å². The summed E-state index contributed by atoms with van der Waals surface area (Å²) in [5.74, 6) is -0.511. The van der Waals surface area contributed by atoms with E-state index in [1.54, 1.807) is 42.5 Å². The van der Waals surface area contributed by atoms with Crippen molar-refractivity contribution in [2.75, 3.05) is 37.0 Å². The second-order valence-corrected chi connectivity index (χ2v) is 13.5. The van der Waals surface area contributed by atoms with Gasteiger partial charge >= 0.3 is 5.97 Å². The Bertz CT molecular complexity index is 2550. The van der Waals surface area contributed by atoms with Crippen molar-refractivity contribution in [3.8, 4) is 34.5 Å². The maximum atomic E-state index is 13.6. The number of hydrogen-bond donors (Lipinski definition) is 7. The first-order chi connectivity index (χ1) is 27.6. The molecule has 3 heterocycles. The van der Waals surface area contributed by atoms with Crippen LogP contribution in [-0.2, 0) is 15.1 Å². The minimum Gasteiger partial charge on any atom is -0.508 e. The van der Waals surface area contributed by atoms with Crippen molar-refractivity contribution in [2.45, 2.75) is 5.60 Å². The van der Waals surface area contributed by atoms with Crippen LogP contribution in [0.3, 0.4) is 0 Å². The molecule has 1 spiro atoms. The van der Waals surface area contributed by atoms with E-state index in [0.717, 1.165) is 11.5 Å². The molecule has 8 N–H and O–H groups in total. The van der Waals surface area contributed by atoms with Crippen LogP contribution in [0.4, 0.5) is 15.8 Å². The van der Waals surface area contributed by atoms with Gasteiger partial charge in [0, 0.05) is 64.4 Å². The Hall–Kier alpha value is -7.10. The highest BCUT2D eigenvalue weighted by molar-refractivity contribution is 7.80. The summed E-state index contributed by atoms with van der Waals surface area (Å²) in [6, 6.07) is 27.5. The van der Waals surface area contributed by atoms with Gasteiger partial charge in [0.1, 0.15) is 35.4 Å². The van der Waals surface area contributed by atoms with Gasteiger partial charge in [-0.2, -0.15) is 0 Å². The van der Waals surface area contributed by atoms with E-state index in [2.05, 4.69) is 20.9 Å². The van der Waals surface area contributed by atoms with Crippen LogP contribution in [0, 0.1) is 5.82 Å². The molecule has 57 heavy (non-hydrogen) atoms. The monoisotopic (exact) mass is 787 g/mol. The van der Waals surface area contributed by atoms with Gasteiger partial charge in [-0.05, 0) is 85.0 Å².